The summed E-state index contributed by atoms with van der Waals surface area (Å²) in [5.74, 6) is 0.975. The van der Waals surface area contributed by atoms with Crippen LogP contribution in [0, 0.1) is 5.92 Å². The normalized spacial score (nSPS) is 14.9. The molecule has 0 radical (unpaired) electrons. The second-order valence-corrected chi connectivity index (χ2v) is 7.59. The number of carbonyl (C=O) groups is 2. The molecular weight excluding hydrogens is 368 g/mol. The molecule has 0 aromatic heterocycles. The van der Waals surface area contributed by atoms with Gasteiger partial charge in [0.1, 0.15) is 5.75 Å². The van der Waals surface area contributed by atoms with E-state index in [1.165, 1.54) is 0 Å². The molecule has 0 saturated carbocycles. The van der Waals surface area contributed by atoms with Gasteiger partial charge in [0.25, 0.3) is 0 Å². The molecule has 1 aromatic rings. The number of carbonyl (C=O) groups excluding carboxylic acids is 2. The number of nitrogens with zero attached hydrogens (tertiary/aromatic N) is 1. The number of likely N-dealkylation sites (tertiary alicyclic amines) is 1. The number of amides is 2. The van der Waals surface area contributed by atoms with E-state index in [0.717, 1.165) is 12.8 Å². The van der Waals surface area contributed by atoms with Gasteiger partial charge in [-0.2, -0.15) is 0 Å². The largest absolute Gasteiger partial charge is 0.492 e. The van der Waals surface area contributed by atoms with E-state index in [9.17, 15) is 9.59 Å². The lowest BCUT2D eigenvalue weighted by Crippen LogP contribution is -2.46. The monoisotopic (exact) mass is 396 g/mol. The van der Waals surface area contributed by atoms with Crippen LogP contribution in [0.25, 0.3) is 0 Å². The summed E-state index contributed by atoms with van der Waals surface area (Å²) in [7, 11) is 0. The van der Waals surface area contributed by atoms with E-state index in [2.05, 4.69) is 5.32 Å². The van der Waals surface area contributed by atoms with Crippen molar-refractivity contribution < 1.29 is 19.1 Å². The zero-order valence-electron chi connectivity index (χ0n) is 16.1. The van der Waals surface area contributed by atoms with Crippen LogP contribution < -0.4 is 10.1 Å². The smallest absolute Gasteiger partial charge is 0.409 e. The van der Waals surface area contributed by atoms with Crippen LogP contribution in [0.1, 0.15) is 39.5 Å². The third-order valence-corrected chi connectivity index (χ3v) is 4.61. The summed E-state index contributed by atoms with van der Waals surface area (Å²) in [5, 5.41) is 3.61. The molecule has 1 aromatic carbocycles. The molecule has 0 unspecified atom stereocenters. The summed E-state index contributed by atoms with van der Waals surface area (Å²) in [6.45, 7) is 6.11. The lowest BCUT2D eigenvalue weighted by molar-refractivity contribution is -0.122. The van der Waals surface area contributed by atoms with Crippen molar-refractivity contribution >= 4 is 23.6 Å². The topological polar surface area (TPSA) is 67.9 Å². The average molecular weight is 397 g/mol. The molecular formula is C20H29ClN2O4. The van der Waals surface area contributed by atoms with Gasteiger partial charge in [0.05, 0.1) is 18.2 Å². The van der Waals surface area contributed by atoms with Gasteiger partial charge in [0.2, 0.25) is 5.91 Å². The minimum absolute atomic E-state index is 0.0126. The first kappa shape index (κ1) is 21.4. The lowest BCUT2D eigenvalue weighted by atomic mass is 10.1. The number of nitrogens with one attached hydrogen (secondary N) is 1. The van der Waals surface area contributed by atoms with Crippen molar-refractivity contribution in [2.45, 2.75) is 45.6 Å². The fourth-order valence-electron chi connectivity index (χ4n) is 2.81. The Morgan fingerprint density at radius 3 is 2.63 bits per heavy atom. The quantitative estimate of drug-likeness (QED) is 0.677. The van der Waals surface area contributed by atoms with E-state index in [1.54, 1.807) is 11.0 Å². The second kappa shape index (κ2) is 11.0. The van der Waals surface area contributed by atoms with Gasteiger partial charge in [-0.1, -0.05) is 37.6 Å². The van der Waals surface area contributed by atoms with Crippen molar-refractivity contribution in [2.24, 2.45) is 5.92 Å². The van der Waals surface area contributed by atoms with Crippen molar-refractivity contribution in [1.29, 1.82) is 0 Å². The number of halogens is 1. The molecule has 1 aliphatic heterocycles. The highest BCUT2D eigenvalue weighted by atomic mass is 35.5. The summed E-state index contributed by atoms with van der Waals surface area (Å²) < 4.78 is 10.8. The molecule has 2 rings (SSSR count). The van der Waals surface area contributed by atoms with Crippen LogP contribution in [0.15, 0.2) is 24.3 Å². The predicted molar refractivity (Wildman–Crippen MR) is 105 cm³/mol. The van der Waals surface area contributed by atoms with Crippen LogP contribution in [0.3, 0.4) is 0 Å². The summed E-state index contributed by atoms with van der Waals surface area (Å²) in [6.07, 6.45) is 2.26. The minimum atomic E-state index is -0.259. The van der Waals surface area contributed by atoms with Gasteiger partial charge >= 0.3 is 6.09 Å². The van der Waals surface area contributed by atoms with Crippen LogP contribution in [-0.4, -0.2) is 49.2 Å². The maximum atomic E-state index is 12.1. The Morgan fingerprint density at radius 1 is 1.26 bits per heavy atom. The number of ether oxygens (including phenoxy) is 2. The summed E-state index contributed by atoms with van der Waals surface area (Å²) in [4.78, 5) is 25.7. The second-order valence-electron chi connectivity index (χ2n) is 7.18. The first-order valence-corrected chi connectivity index (χ1v) is 9.92. The summed E-state index contributed by atoms with van der Waals surface area (Å²) >= 11 is 6.02. The third-order valence-electron chi connectivity index (χ3n) is 4.30. The minimum Gasteiger partial charge on any atom is -0.492 e. The van der Waals surface area contributed by atoms with Crippen molar-refractivity contribution in [3.63, 3.8) is 0 Å². The number of hydrogen-bond acceptors (Lipinski definition) is 4. The van der Waals surface area contributed by atoms with Crippen LogP contribution in [-0.2, 0) is 9.53 Å². The average Bonchev–Trinajstić information content (AvgIpc) is 2.65. The third kappa shape index (κ3) is 7.67. The number of para-hydroxylation sites is 1. The van der Waals surface area contributed by atoms with Gasteiger partial charge in [-0.3, -0.25) is 4.79 Å². The van der Waals surface area contributed by atoms with Crippen molar-refractivity contribution in [3.05, 3.63) is 29.3 Å². The molecule has 0 spiro atoms. The Kier molecular flexibility index (Phi) is 8.72. The number of piperidine rings is 1. The van der Waals surface area contributed by atoms with Gasteiger partial charge in [-0.15, -0.1) is 0 Å². The van der Waals surface area contributed by atoms with Crippen LogP contribution >= 0.6 is 11.6 Å². The zero-order valence-corrected chi connectivity index (χ0v) is 16.8. The Balaban J connectivity index is 1.59. The molecule has 1 N–H and O–H groups in total. The Bertz CT molecular complexity index is 616. The molecule has 1 saturated heterocycles. The molecule has 1 aliphatic rings. The predicted octanol–water partition coefficient (Wildman–Crippen LogP) is 3.87. The van der Waals surface area contributed by atoms with E-state index in [4.69, 9.17) is 21.1 Å². The van der Waals surface area contributed by atoms with E-state index in [0.29, 0.717) is 55.8 Å². The lowest BCUT2D eigenvalue weighted by Gasteiger charge is -2.31. The molecule has 6 nitrogen and oxygen atoms in total. The highest BCUT2D eigenvalue weighted by molar-refractivity contribution is 6.32. The van der Waals surface area contributed by atoms with Gasteiger partial charge in [-0.25, -0.2) is 4.79 Å². The zero-order chi connectivity index (χ0) is 19.6. The Labute approximate surface area is 166 Å². The van der Waals surface area contributed by atoms with Crippen molar-refractivity contribution in [1.82, 2.24) is 10.2 Å². The van der Waals surface area contributed by atoms with Crippen molar-refractivity contribution in [2.75, 3.05) is 26.3 Å². The summed E-state index contributed by atoms with van der Waals surface area (Å²) in [5.41, 5.74) is 0. The molecule has 7 heteroatoms. The van der Waals surface area contributed by atoms with E-state index in [-0.39, 0.29) is 18.0 Å². The Hall–Kier alpha value is -1.95. The Morgan fingerprint density at radius 2 is 1.96 bits per heavy atom. The fourth-order valence-corrected chi connectivity index (χ4v) is 3.00. The molecule has 150 valence electrons. The van der Waals surface area contributed by atoms with Gasteiger partial charge in [0.15, 0.2) is 0 Å². The molecule has 1 heterocycles. The van der Waals surface area contributed by atoms with E-state index < -0.39 is 0 Å². The van der Waals surface area contributed by atoms with Crippen LogP contribution in [0.4, 0.5) is 4.79 Å². The highest BCUT2D eigenvalue weighted by Crippen LogP contribution is 2.23. The van der Waals surface area contributed by atoms with Crippen LogP contribution in [0.5, 0.6) is 5.75 Å². The summed E-state index contributed by atoms with van der Waals surface area (Å²) in [6, 6.07) is 7.39. The number of rotatable bonds is 8. The first-order valence-electron chi connectivity index (χ1n) is 9.54. The standard InChI is InChI=1S/C20H29ClN2O4/c1-15(2)14-27-20(25)23-11-9-16(10-12-23)22-19(24)8-5-13-26-18-7-4-3-6-17(18)21/h3-4,6-7,15-16H,5,8-14H2,1-2H3,(H,22,24). The maximum absolute atomic E-state index is 12.1. The van der Waals surface area contributed by atoms with Crippen molar-refractivity contribution in [3.8, 4) is 5.75 Å². The highest BCUT2D eigenvalue weighted by Gasteiger charge is 2.24. The molecule has 2 amide bonds. The molecule has 27 heavy (non-hydrogen) atoms. The molecule has 0 aliphatic carbocycles. The number of benzene rings is 1. The molecule has 0 bridgehead atoms. The fraction of sp³-hybridized carbons (Fsp3) is 0.600. The van der Waals surface area contributed by atoms with E-state index in [1.807, 2.05) is 32.0 Å². The van der Waals surface area contributed by atoms with Gasteiger partial charge < -0.3 is 19.7 Å². The first-order chi connectivity index (χ1) is 13.0. The molecule has 0 atom stereocenters. The van der Waals surface area contributed by atoms with Gasteiger partial charge in [-0.05, 0) is 37.3 Å². The maximum Gasteiger partial charge on any atom is 0.409 e. The number of hydrogen-bond donors (Lipinski definition) is 1. The van der Waals surface area contributed by atoms with Crippen LogP contribution in [0.2, 0.25) is 5.02 Å². The van der Waals surface area contributed by atoms with E-state index >= 15 is 0 Å². The SMILES string of the molecule is CC(C)COC(=O)N1CCC(NC(=O)CCCOc2ccccc2Cl)CC1. The molecule has 1 fully saturated rings. The van der Waals surface area contributed by atoms with Gasteiger partial charge in [0, 0.05) is 25.6 Å².